The maximum absolute atomic E-state index is 12.9. The summed E-state index contributed by atoms with van der Waals surface area (Å²) in [5, 5.41) is 3.54. The van der Waals surface area contributed by atoms with E-state index >= 15 is 0 Å². The second kappa shape index (κ2) is 8.25. The van der Waals surface area contributed by atoms with Crippen LogP contribution < -0.4 is 10.2 Å². The molecule has 150 valence electrons. The molecule has 1 atom stereocenters. The summed E-state index contributed by atoms with van der Waals surface area (Å²) in [5.74, 6) is -0.645. The van der Waals surface area contributed by atoms with Crippen molar-refractivity contribution in [2.75, 3.05) is 23.3 Å². The molecule has 3 amide bonds. The fourth-order valence-corrected chi connectivity index (χ4v) is 4.08. The average Bonchev–Trinajstić information content (AvgIpc) is 3.30. The number of rotatable bonds is 5. The van der Waals surface area contributed by atoms with Crippen LogP contribution in [0.3, 0.4) is 0 Å². The summed E-state index contributed by atoms with van der Waals surface area (Å²) in [6.45, 7) is 1.39. The molecule has 2 aromatic carbocycles. The molecule has 2 aliphatic heterocycles. The molecule has 2 heterocycles. The first-order valence-corrected chi connectivity index (χ1v) is 10.1. The number of nitrogens with zero attached hydrogens (tertiary/aromatic N) is 2. The van der Waals surface area contributed by atoms with Crippen molar-refractivity contribution >= 4 is 40.7 Å². The number of hydrogen-bond acceptors (Lipinski definition) is 3. The minimum atomic E-state index is -0.438. The molecule has 0 aliphatic carbocycles. The highest BCUT2D eigenvalue weighted by atomic mass is 35.5. The summed E-state index contributed by atoms with van der Waals surface area (Å²) in [4.78, 5) is 40.8. The van der Waals surface area contributed by atoms with Crippen LogP contribution in [0.1, 0.15) is 24.8 Å². The maximum atomic E-state index is 12.9. The van der Waals surface area contributed by atoms with Gasteiger partial charge in [0.2, 0.25) is 17.7 Å². The summed E-state index contributed by atoms with van der Waals surface area (Å²) < 4.78 is 0. The van der Waals surface area contributed by atoms with Crippen molar-refractivity contribution in [3.8, 4) is 0 Å². The number of halogens is 1. The Hall–Kier alpha value is -2.86. The molecule has 1 N–H and O–H groups in total. The van der Waals surface area contributed by atoms with Crippen LogP contribution in [0.25, 0.3) is 0 Å². The highest BCUT2D eigenvalue weighted by Crippen LogP contribution is 2.31. The van der Waals surface area contributed by atoms with Gasteiger partial charge in [-0.3, -0.25) is 14.4 Å². The van der Waals surface area contributed by atoms with Gasteiger partial charge in [0.1, 0.15) is 0 Å². The number of carbonyl (C=O) groups is 3. The maximum Gasteiger partial charge on any atom is 0.229 e. The van der Waals surface area contributed by atoms with Crippen molar-refractivity contribution in [1.29, 1.82) is 0 Å². The van der Waals surface area contributed by atoms with Crippen molar-refractivity contribution < 1.29 is 14.4 Å². The van der Waals surface area contributed by atoms with Gasteiger partial charge in [0, 0.05) is 37.5 Å². The van der Waals surface area contributed by atoms with Gasteiger partial charge >= 0.3 is 0 Å². The van der Waals surface area contributed by atoms with Crippen molar-refractivity contribution in [3.05, 3.63) is 59.1 Å². The van der Waals surface area contributed by atoms with E-state index in [2.05, 4.69) is 5.32 Å². The van der Waals surface area contributed by atoms with Crippen LogP contribution >= 0.6 is 11.6 Å². The Morgan fingerprint density at radius 1 is 1.07 bits per heavy atom. The van der Waals surface area contributed by atoms with Crippen LogP contribution in [-0.4, -0.2) is 35.7 Å². The smallest absolute Gasteiger partial charge is 0.229 e. The molecule has 29 heavy (non-hydrogen) atoms. The standard InChI is InChI=1S/C22H22ClN3O3/c23-17-7-2-1-6-15(17)13-25-14-16(12-21(25)28)22(29)24-18-8-3-4-9-19(18)26-11-5-10-20(26)27/h1-4,6-9,16H,5,10-14H2,(H,24,29). The van der Waals surface area contributed by atoms with Gasteiger partial charge in [-0.25, -0.2) is 0 Å². The minimum Gasteiger partial charge on any atom is -0.337 e. The predicted octanol–water partition coefficient (Wildman–Crippen LogP) is 3.45. The van der Waals surface area contributed by atoms with Crippen LogP contribution in [0.4, 0.5) is 11.4 Å². The Balaban J connectivity index is 1.44. The first kappa shape index (κ1) is 19.5. The van der Waals surface area contributed by atoms with E-state index < -0.39 is 5.92 Å². The topological polar surface area (TPSA) is 69.7 Å². The lowest BCUT2D eigenvalue weighted by Gasteiger charge is -2.21. The zero-order valence-electron chi connectivity index (χ0n) is 15.9. The largest absolute Gasteiger partial charge is 0.337 e. The molecule has 7 heteroatoms. The predicted molar refractivity (Wildman–Crippen MR) is 112 cm³/mol. The molecule has 1 unspecified atom stereocenters. The van der Waals surface area contributed by atoms with E-state index in [1.165, 1.54) is 0 Å². The molecule has 4 rings (SSSR count). The number of anilines is 2. The van der Waals surface area contributed by atoms with Crippen molar-refractivity contribution in [3.63, 3.8) is 0 Å². The van der Waals surface area contributed by atoms with Gasteiger partial charge in [-0.2, -0.15) is 0 Å². The highest BCUT2D eigenvalue weighted by Gasteiger charge is 2.35. The number of carbonyl (C=O) groups excluding carboxylic acids is 3. The Labute approximate surface area is 174 Å². The first-order chi connectivity index (χ1) is 14.0. The van der Waals surface area contributed by atoms with Gasteiger partial charge < -0.3 is 15.1 Å². The molecular formula is C22H22ClN3O3. The van der Waals surface area contributed by atoms with Crippen molar-refractivity contribution in [1.82, 2.24) is 4.90 Å². The van der Waals surface area contributed by atoms with E-state index in [-0.39, 0.29) is 24.1 Å². The Bertz CT molecular complexity index is 962. The number of hydrogen-bond donors (Lipinski definition) is 1. The van der Waals surface area contributed by atoms with Gasteiger partial charge in [0.25, 0.3) is 0 Å². The fourth-order valence-electron chi connectivity index (χ4n) is 3.89. The van der Waals surface area contributed by atoms with Crippen molar-refractivity contribution in [2.45, 2.75) is 25.8 Å². The number of likely N-dealkylation sites (tertiary alicyclic amines) is 1. The van der Waals surface area contributed by atoms with Crippen LogP contribution in [0, 0.1) is 5.92 Å². The van der Waals surface area contributed by atoms with Gasteiger partial charge in [-0.05, 0) is 30.2 Å². The molecule has 0 bridgehead atoms. The normalized spacial score (nSPS) is 19.1. The summed E-state index contributed by atoms with van der Waals surface area (Å²) in [6, 6.07) is 14.7. The van der Waals surface area contributed by atoms with E-state index in [1.54, 1.807) is 21.9 Å². The molecule has 0 radical (unpaired) electrons. The second-order valence-electron chi connectivity index (χ2n) is 7.42. The molecule has 0 aromatic heterocycles. The molecule has 0 saturated carbocycles. The van der Waals surface area contributed by atoms with Gasteiger partial charge in [0.05, 0.1) is 17.3 Å². The Kier molecular flexibility index (Phi) is 5.53. The Morgan fingerprint density at radius 2 is 1.83 bits per heavy atom. The number of benzene rings is 2. The van der Waals surface area contributed by atoms with E-state index in [4.69, 9.17) is 11.6 Å². The molecule has 6 nitrogen and oxygen atoms in total. The SMILES string of the molecule is O=C(Nc1ccccc1N1CCCC1=O)C1CC(=O)N(Cc2ccccc2Cl)C1. The summed E-state index contributed by atoms with van der Waals surface area (Å²) in [6.07, 6.45) is 1.51. The average molecular weight is 412 g/mol. The van der Waals surface area contributed by atoms with Gasteiger partial charge in [-0.15, -0.1) is 0 Å². The van der Waals surface area contributed by atoms with Crippen LogP contribution in [0.15, 0.2) is 48.5 Å². The van der Waals surface area contributed by atoms with Crippen LogP contribution in [0.5, 0.6) is 0 Å². The number of nitrogens with one attached hydrogen (secondary N) is 1. The summed E-state index contributed by atoms with van der Waals surface area (Å²) >= 11 is 6.20. The zero-order valence-corrected chi connectivity index (χ0v) is 16.7. The van der Waals surface area contributed by atoms with E-state index in [1.807, 2.05) is 36.4 Å². The lowest BCUT2D eigenvalue weighted by molar-refractivity contribution is -0.128. The lowest BCUT2D eigenvalue weighted by Crippen LogP contribution is -2.29. The fraction of sp³-hybridized carbons (Fsp3) is 0.318. The van der Waals surface area contributed by atoms with Crippen LogP contribution in [-0.2, 0) is 20.9 Å². The Morgan fingerprint density at radius 3 is 2.59 bits per heavy atom. The monoisotopic (exact) mass is 411 g/mol. The van der Waals surface area contributed by atoms with Crippen molar-refractivity contribution in [2.24, 2.45) is 5.92 Å². The lowest BCUT2D eigenvalue weighted by atomic mass is 10.1. The quantitative estimate of drug-likeness (QED) is 0.819. The molecule has 2 aliphatic rings. The highest BCUT2D eigenvalue weighted by molar-refractivity contribution is 6.31. The number of amides is 3. The second-order valence-corrected chi connectivity index (χ2v) is 7.83. The third-order valence-electron chi connectivity index (χ3n) is 5.43. The molecule has 2 saturated heterocycles. The summed E-state index contributed by atoms with van der Waals surface area (Å²) in [5.41, 5.74) is 2.17. The van der Waals surface area contributed by atoms with E-state index in [0.29, 0.717) is 42.5 Å². The van der Waals surface area contributed by atoms with E-state index in [0.717, 1.165) is 12.0 Å². The third kappa shape index (κ3) is 4.12. The third-order valence-corrected chi connectivity index (χ3v) is 5.80. The molecule has 0 spiro atoms. The van der Waals surface area contributed by atoms with Gasteiger partial charge in [0.15, 0.2) is 0 Å². The zero-order chi connectivity index (χ0) is 20.4. The first-order valence-electron chi connectivity index (χ1n) is 9.74. The van der Waals surface area contributed by atoms with E-state index in [9.17, 15) is 14.4 Å². The summed E-state index contributed by atoms with van der Waals surface area (Å²) in [7, 11) is 0. The minimum absolute atomic E-state index is 0.0620. The molecule has 2 fully saturated rings. The number of para-hydroxylation sites is 2. The van der Waals surface area contributed by atoms with Crippen LogP contribution in [0.2, 0.25) is 5.02 Å². The molecular weight excluding hydrogens is 390 g/mol. The van der Waals surface area contributed by atoms with Gasteiger partial charge in [-0.1, -0.05) is 41.9 Å². The molecule has 2 aromatic rings.